The first-order valence-corrected chi connectivity index (χ1v) is 7.53. The second kappa shape index (κ2) is 12.5. The number of nitrogens with zero attached hydrogens (tertiary/aromatic N) is 2. The van der Waals surface area contributed by atoms with Crippen LogP contribution < -0.4 is 15.5 Å². The highest BCUT2D eigenvalue weighted by molar-refractivity contribution is 14.0. The molecule has 0 aliphatic carbocycles. The van der Waals surface area contributed by atoms with Crippen molar-refractivity contribution >= 4 is 35.6 Å². The molecule has 0 spiro atoms. The van der Waals surface area contributed by atoms with E-state index in [9.17, 15) is 0 Å². The molecule has 0 atom stereocenters. The number of rotatable bonds is 8. The van der Waals surface area contributed by atoms with Crippen LogP contribution in [0.1, 0.15) is 19.4 Å². The molecule has 5 nitrogen and oxygen atoms in total. The summed E-state index contributed by atoms with van der Waals surface area (Å²) in [6.45, 7) is 7.76. The van der Waals surface area contributed by atoms with Crippen LogP contribution in [0.2, 0.25) is 0 Å². The molecule has 22 heavy (non-hydrogen) atoms. The van der Waals surface area contributed by atoms with Crippen LogP contribution in [0.5, 0.6) is 0 Å². The van der Waals surface area contributed by atoms with Gasteiger partial charge >= 0.3 is 0 Å². The average molecular weight is 420 g/mol. The van der Waals surface area contributed by atoms with Crippen molar-refractivity contribution in [3.05, 3.63) is 29.8 Å². The molecule has 0 unspecified atom stereocenters. The lowest BCUT2D eigenvalue weighted by Gasteiger charge is -2.14. The standard InChI is InChI=1S/C16H28N4O.HI/c1-5-17-16(18-10-11-21-6-2)19-13-14-8-7-9-15(12-14)20(3)4;/h7-9,12H,5-6,10-11,13H2,1-4H3,(H2,17,18,19);1H. The van der Waals surface area contributed by atoms with Gasteiger partial charge in [0.05, 0.1) is 13.2 Å². The predicted octanol–water partition coefficient (Wildman–Crippen LogP) is 2.46. The Balaban J connectivity index is 0.00000441. The Kier molecular flexibility index (Phi) is 11.9. The van der Waals surface area contributed by atoms with Gasteiger partial charge in [0.15, 0.2) is 5.96 Å². The summed E-state index contributed by atoms with van der Waals surface area (Å²) in [5, 5.41) is 6.51. The van der Waals surface area contributed by atoms with Gasteiger partial charge in [-0.15, -0.1) is 24.0 Å². The molecule has 0 heterocycles. The van der Waals surface area contributed by atoms with Gasteiger partial charge in [0.1, 0.15) is 0 Å². The normalized spacial score (nSPS) is 10.8. The van der Waals surface area contributed by atoms with Gasteiger partial charge in [-0.25, -0.2) is 4.99 Å². The van der Waals surface area contributed by atoms with Crippen LogP contribution in [0, 0.1) is 0 Å². The Morgan fingerprint density at radius 3 is 2.64 bits per heavy atom. The van der Waals surface area contributed by atoms with E-state index in [1.165, 1.54) is 11.3 Å². The molecule has 0 saturated heterocycles. The number of nitrogens with one attached hydrogen (secondary N) is 2. The van der Waals surface area contributed by atoms with Gasteiger partial charge in [-0.3, -0.25) is 0 Å². The third-order valence-corrected chi connectivity index (χ3v) is 2.93. The Morgan fingerprint density at radius 1 is 1.23 bits per heavy atom. The summed E-state index contributed by atoms with van der Waals surface area (Å²) in [5.41, 5.74) is 2.39. The minimum atomic E-state index is 0. The van der Waals surface area contributed by atoms with E-state index in [1.807, 2.05) is 21.0 Å². The van der Waals surface area contributed by atoms with Gasteiger partial charge in [0.25, 0.3) is 0 Å². The molecule has 0 radical (unpaired) electrons. The Hall–Kier alpha value is -1.02. The van der Waals surface area contributed by atoms with Crippen molar-refractivity contribution in [2.24, 2.45) is 4.99 Å². The van der Waals surface area contributed by atoms with Crippen molar-refractivity contribution in [1.29, 1.82) is 0 Å². The minimum Gasteiger partial charge on any atom is -0.380 e. The number of benzene rings is 1. The van der Waals surface area contributed by atoms with E-state index in [-0.39, 0.29) is 24.0 Å². The fourth-order valence-corrected chi connectivity index (χ4v) is 1.83. The largest absolute Gasteiger partial charge is 0.380 e. The van der Waals surface area contributed by atoms with Crippen LogP contribution in [0.3, 0.4) is 0 Å². The van der Waals surface area contributed by atoms with Crippen LogP contribution in [-0.4, -0.2) is 46.4 Å². The summed E-state index contributed by atoms with van der Waals surface area (Å²) in [6.07, 6.45) is 0. The molecular weight excluding hydrogens is 391 g/mol. The van der Waals surface area contributed by atoms with Gasteiger partial charge in [-0.05, 0) is 31.5 Å². The molecular formula is C16H29IN4O. The first-order valence-electron chi connectivity index (χ1n) is 7.53. The van der Waals surface area contributed by atoms with E-state index in [0.717, 1.165) is 25.7 Å². The highest BCUT2D eigenvalue weighted by Gasteiger charge is 1.99. The lowest BCUT2D eigenvalue weighted by atomic mass is 10.2. The lowest BCUT2D eigenvalue weighted by molar-refractivity contribution is 0.152. The summed E-state index contributed by atoms with van der Waals surface area (Å²) in [5.74, 6) is 0.826. The molecule has 0 bridgehead atoms. The fourth-order valence-electron chi connectivity index (χ4n) is 1.83. The number of guanidine groups is 1. The molecule has 0 fully saturated rings. The summed E-state index contributed by atoms with van der Waals surface area (Å²) in [6, 6.07) is 8.42. The average Bonchev–Trinajstić information content (AvgIpc) is 2.49. The number of anilines is 1. The first kappa shape index (κ1) is 21.0. The highest BCUT2D eigenvalue weighted by Crippen LogP contribution is 2.13. The van der Waals surface area contributed by atoms with Gasteiger partial charge in [-0.1, -0.05) is 12.1 Å². The van der Waals surface area contributed by atoms with Crippen LogP contribution in [0.4, 0.5) is 5.69 Å². The van der Waals surface area contributed by atoms with E-state index in [4.69, 9.17) is 4.74 Å². The second-order valence-corrected chi connectivity index (χ2v) is 4.88. The van der Waals surface area contributed by atoms with Crippen molar-refractivity contribution in [1.82, 2.24) is 10.6 Å². The third-order valence-electron chi connectivity index (χ3n) is 2.93. The number of hydrogen-bond acceptors (Lipinski definition) is 3. The number of ether oxygens (including phenoxy) is 1. The summed E-state index contributed by atoms with van der Waals surface area (Å²) >= 11 is 0. The molecule has 0 saturated carbocycles. The summed E-state index contributed by atoms with van der Waals surface area (Å²) in [7, 11) is 4.09. The SMILES string of the molecule is CCNC(=NCc1cccc(N(C)C)c1)NCCOCC.I. The van der Waals surface area contributed by atoms with Crippen molar-refractivity contribution in [2.45, 2.75) is 20.4 Å². The third kappa shape index (κ3) is 8.43. The van der Waals surface area contributed by atoms with Crippen molar-refractivity contribution in [3.8, 4) is 0 Å². The zero-order chi connectivity index (χ0) is 15.5. The van der Waals surface area contributed by atoms with Crippen molar-refractivity contribution < 1.29 is 4.74 Å². The zero-order valence-electron chi connectivity index (χ0n) is 14.1. The maximum Gasteiger partial charge on any atom is 0.191 e. The molecule has 1 rings (SSSR count). The number of aliphatic imine (C=N–C) groups is 1. The molecule has 0 aromatic heterocycles. The Bertz CT molecular complexity index is 438. The van der Waals surface area contributed by atoms with E-state index in [0.29, 0.717) is 13.2 Å². The number of halogens is 1. The van der Waals surface area contributed by atoms with E-state index >= 15 is 0 Å². The molecule has 0 aliphatic heterocycles. The molecule has 2 N–H and O–H groups in total. The molecule has 0 amide bonds. The maximum atomic E-state index is 5.32. The second-order valence-electron chi connectivity index (χ2n) is 4.88. The lowest BCUT2D eigenvalue weighted by Crippen LogP contribution is -2.39. The Labute approximate surface area is 151 Å². The quantitative estimate of drug-likeness (QED) is 0.294. The summed E-state index contributed by atoms with van der Waals surface area (Å²) < 4.78 is 5.32. The highest BCUT2D eigenvalue weighted by atomic mass is 127. The Morgan fingerprint density at radius 2 is 2.00 bits per heavy atom. The minimum absolute atomic E-state index is 0. The van der Waals surface area contributed by atoms with Gasteiger partial charge in [0, 0.05) is 39.5 Å². The number of hydrogen-bond donors (Lipinski definition) is 2. The van der Waals surface area contributed by atoms with Crippen LogP contribution in [0.15, 0.2) is 29.3 Å². The maximum absolute atomic E-state index is 5.32. The van der Waals surface area contributed by atoms with Gasteiger partial charge in [0.2, 0.25) is 0 Å². The van der Waals surface area contributed by atoms with Gasteiger partial charge < -0.3 is 20.3 Å². The molecule has 126 valence electrons. The molecule has 1 aromatic rings. The van der Waals surface area contributed by atoms with Crippen LogP contribution in [0.25, 0.3) is 0 Å². The summed E-state index contributed by atoms with van der Waals surface area (Å²) in [4.78, 5) is 6.70. The zero-order valence-corrected chi connectivity index (χ0v) is 16.4. The van der Waals surface area contributed by atoms with E-state index < -0.39 is 0 Å². The van der Waals surface area contributed by atoms with Crippen LogP contribution >= 0.6 is 24.0 Å². The smallest absolute Gasteiger partial charge is 0.191 e. The van der Waals surface area contributed by atoms with E-state index in [1.54, 1.807) is 0 Å². The molecule has 0 aliphatic rings. The van der Waals surface area contributed by atoms with Crippen LogP contribution in [-0.2, 0) is 11.3 Å². The van der Waals surface area contributed by atoms with Crippen molar-refractivity contribution in [2.75, 3.05) is 45.3 Å². The van der Waals surface area contributed by atoms with Crippen molar-refractivity contribution in [3.63, 3.8) is 0 Å². The molecule has 6 heteroatoms. The van der Waals surface area contributed by atoms with Gasteiger partial charge in [-0.2, -0.15) is 0 Å². The molecule has 1 aromatic carbocycles. The topological polar surface area (TPSA) is 48.9 Å². The monoisotopic (exact) mass is 420 g/mol. The first-order chi connectivity index (χ1) is 10.2. The predicted molar refractivity (Wildman–Crippen MR) is 105 cm³/mol. The van der Waals surface area contributed by atoms with E-state index in [2.05, 4.69) is 51.7 Å². The fraction of sp³-hybridized carbons (Fsp3) is 0.562.